The molecule has 110 valence electrons. The fourth-order valence-electron chi connectivity index (χ4n) is 1.99. The van der Waals surface area contributed by atoms with Crippen molar-refractivity contribution < 1.29 is 18.3 Å². The molecule has 0 aliphatic heterocycles. The number of rotatable bonds is 4. The second kappa shape index (κ2) is 5.32. The smallest absolute Gasteiger partial charge is 0.379 e. The normalized spacial score (nSPS) is 13.7. The Morgan fingerprint density at radius 2 is 2.10 bits per heavy atom. The molecule has 2 rings (SSSR count). The maximum Gasteiger partial charge on any atom is 0.418 e. The highest BCUT2D eigenvalue weighted by Crippen LogP contribution is 2.32. The Labute approximate surface area is 114 Å². The van der Waals surface area contributed by atoms with Crippen LogP contribution >= 0.6 is 0 Å². The number of alkyl halides is 3. The van der Waals surface area contributed by atoms with Gasteiger partial charge in [-0.05, 0) is 18.6 Å². The molecule has 1 unspecified atom stereocenters. The van der Waals surface area contributed by atoms with E-state index in [-0.39, 0.29) is 5.56 Å². The van der Waals surface area contributed by atoms with Gasteiger partial charge in [0.15, 0.2) is 6.10 Å². The van der Waals surface area contributed by atoms with Gasteiger partial charge in [0, 0.05) is 25.0 Å². The standard InChI is InChI=1S/C13H16F3N3O/c1-3-10-6-11(18(2)17-10)8-19-5-4-9(7-19)12(20)13(14,15)16/h4-7,12,20H,3,8H2,1-2H3. The second-order valence-corrected chi connectivity index (χ2v) is 4.67. The Hall–Kier alpha value is -1.76. The van der Waals surface area contributed by atoms with Gasteiger partial charge in [-0.15, -0.1) is 0 Å². The summed E-state index contributed by atoms with van der Waals surface area (Å²) in [6, 6.07) is 3.19. The first-order valence-electron chi connectivity index (χ1n) is 6.23. The van der Waals surface area contributed by atoms with E-state index in [1.807, 2.05) is 13.0 Å². The first-order chi connectivity index (χ1) is 9.31. The molecule has 20 heavy (non-hydrogen) atoms. The van der Waals surface area contributed by atoms with E-state index < -0.39 is 12.3 Å². The van der Waals surface area contributed by atoms with Gasteiger partial charge in [-0.25, -0.2) is 0 Å². The molecule has 4 nitrogen and oxygen atoms in total. The molecule has 1 atom stereocenters. The van der Waals surface area contributed by atoms with Gasteiger partial charge in [0.25, 0.3) is 0 Å². The Balaban J connectivity index is 2.15. The fraction of sp³-hybridized carbons (Fsp3) is 0.462. The van der Waals surface area contributed by atoms with Gasteiger partial charge in [-0.3, -0.25) is 4.68 Å². The predicted octanol–water partition coefficient (Wildman–Crippen LogP) is 2.43. The molecular formula is C13H16F3N3O. The number of nitrogens with zero attached hydrogens (tertiary/aromatic N) is 3. The topological polar surface area (TPSA) is 43.0 Å². The van der Waals surface area contributed by atoms with Crippen LogP contribution in [0.15, 0.2) is 24.5 Å². The second-order valence-electron chi connectivity index (χ2n) is 4.67. The van der Waals surface area contributed by atoms with E-state index in [1.54, 1.807) is 16.3 Å². The van der Waals surface area contributed by atoms with Crippen LogP contribution in [0.4, 0.5) is 13.2 Å². The minimum absolute atomic E-state index is 0.157. The van der Waals surface area contributed by atoms with Gasteiger partial charge < -0.3 is 9.67 Å². The summed E-state index contributed by atoms with van der Waals surface area (Å²) in [7, 11) is 1.80. The summed E-state index contributed by atoms with van der Waals surface area (Å²) in [6.07, 6.45) is -3.47. The van der Waals surface area contributed by atoms with Crippen LogP contribution in [0.1, 0.15) is 30.0 Å². The van der Waals surface area contributed by atoms with Crippen LogP contribution < -0.4 is 0 Å². The average Bonchev–Trinajstić information content (AvgIpc) is 2.95. The highest BCUT2D eigenvalue weighted by atomic mass is 19.4. The third kappa shape index (κ3) is 3.04. The van der Waals surface area contributed by atoms with Crippen LogP contribution in [0.25, 0.3) is 0 Å². The van der Waals surface area contributed by atoms with Gasteiger partial charge in [-0.2, -0.15) is 18.3 Å². The van der Waals surface area contributed by atoms with Crippen LogP contribution in [-0.4, -0.2) is 25.6 Å². The van der Waals surface area contributed by atoms with Gasteiger partial charge in [0.2, 0.25) is 0 Å². The molecule has 2 aromatic heterocycles. The van der Waals surface area contributed by atoms with Gasteiger partial charge in [0.05, 0.1) is 17.9 Å². The van der Waals surface area contributed by atoms with Gasteiger partial charge >= 0.3 is 6.18 Å². The lowest BCUT2D eigenvalue weighted by molar-refractivity contribution is -0.206. The van der Waals surface area contributed by atoms with Crippen molar-refractivity contribution in [2.45, 2.75) is 32.2 Å². The van der Waals surface area contributed by atoms with Gasteiger partial charge in [-0.1, -0.05) is 6.92 Å². The highest BCUT2D eigenvalue weighted by molar-refractivity contribution is 5.17. The number of aromatic nitrogens is 3. The quantitative estimate of drug-likeness (QED) is 0.938. The lowest BCUT2D eigenvalue weighted by Crippen LogP contribution is -2.19. The van der Waals surface area contributed by atoms with E-state index >= 15 is 0 Å². The Bertz CT molecular complexity index is 586. The molecule has 1 N–H and O–H groups in total. The third-order valence-electron chi connectivity index (χ3n) is 3.13. The number of halogens is 3. The number of hydrogen-bond donors (Lipinski definition) is 1. The maximum atomic E-state index is 12.4. The molecule has 2 aromatic rings. The zero-order chi connectivity index (χ0) is 14.9. The van der Waals surface area contributed by atoms with E-state index in [2.05, 4.69) is 5.10 Å². The average molecular weight is 287 g/mol. The molecule has 0 aliphatic rings. The van der Waals surface area contributed by atoms with Crippen LogP contribution in [0, 0.1) is 0 Å². The van der Waals surface area contributed by atoms with Crippen LogP contribution in [0.2, 0.25) is 0 Å². The molecule has 0 saturated heterocycles. The van der Waals surface area contributed by atoms with E-state index in [1.165, 1.54) is 18.5 Å². The van der Waals surface area contributed by atoms with Crippen molar-refractivity contribution in [3.05, 3.63) is 41.5 Å². The minimum atomic E-state index is -4.64. The van der Waals surface area contributed by atoms with Crippen molar-refractivity contribution in [2.75, 3.05) is 0 Å². The summed E-state index contributed by atoms with van der Waals surface area (Å²) in [4.78, 5) is 0. The fourth-order valence-corrected chi connectivity index (χ4v) is 1.99. The zero-order valence-corrected chi connectivity index (χ0v) is 11.2. The summed E-state index contributed by atoms with van der Waals surface area (Å²) in [6.45, 7) is 2.40. The molecule has 0 bridgehead atoms. The number of hydrogen-bond acceptors (Lipinski definition) is 2. The summed E-state index contributed by atoms with van der Waals surface area (Å²) in [5, 5.41) is 13.5. The van der Waals surface area contributed by atoms with Crippen molar-refractivity contribution in [1.82, 2.24) is 14.3 Å². The van der Waals surface area contributed by atoms with Crippen LogP contribution in [-0.2, 0) is 20.0 Å². The molecule has 0 aliphatic carbocycles. The Morgan fingerprint density at radius 3 is 2.65 bits per heavy atom. The Morgan fingerprint density at radius 1 is 1.40 bits per heavy atom. The van der Waals surface area contributed by atoms with Crippen molar-refractivity contribution in [3.8, 4) is 0 Å². The predicted molar refractivity (Wildman–Crippen MR) is 67.1 cm³/mol. The summed E-state index contributed by atoms with van der Waals surface area (Å²) >= 11 is 0. The van der Waals surface area contributed by atoms with E-state index in [4.69, 9.17) is 0 Å². The van der Waals surface area contributed by atoms with Crippen molar-refractivity contribution in [1.29, 1.82) is 0 Å². The molecule has 0 radical (unpaired) electrons. The van der Waals surface area contributed by atoms with Crippen LogP contribution in [0.3, 0.4) is 0 Å². The Kier molecular flexibility index (Phi) is 3.89. The molecular weight excluding hydrogens is 271 g/mol. The molecule has 7 heteroatoms. The lowest BCUT2D eigenvalue weighted by Gasteiger charge is -2.12. The largest absolute Gasteiger partial charge is 0.418 e. The number of aliphatic hydroxyl groups is 1. The molecule has 0 saturated carbocycles. The molecule has 0 aromatic carbocycles. The van der Waals surface area contributed by atoms with E-state index in [0.29, 0.717) is 6.54 Å². The molecule has 0 fully saturated rings. The van der Waals surface area contributed by atoms with Gasteiger partial charge in [0.1, 0.15) is 0 Å². The van der Waals surface area contributed by atoms with Crippen molar-refractivity contribution in [3.63, 3.8) is 0 Å². The van der Waals surface area contributed by atoms with E-state index in [0.717, 1.165) is 17.8 Å². The number of aryl methyl sites for hydroxylation is 2. The minimum Gasteiger partial charge on any atom is -0.379 e. The summed E-state index contributed by atoms with van der Waals surface area (Å²) in [5.74, 6) is 0. The first kappa shape index (κ1) is 14.6. The zero-order valence-electron chi connectivity index (χ0n) is 11.2. The van der Waals surface area contributed by atoms with Crippen LogP contribution in [0.5, 0.6) is 0 Å². The SMILES string of the molecule is CCc1cc(Cn2ccc(C(O)C(F)(F)F)c2)n(C)n1. The lowest BCUT2D eigenvalue weighted by atomic mass is 10.2. The van der Waals surface area contributed by atoms with Crippen molar-refractivity contribution >= 4 is 0 Å². The highest BCUT2D eigenvalue weighted by Gasteiger charge is 2.39. The maximum absolute atomic E-state index is 12.4. The third-order valence-corrected chi connectivity index (χ3v) is 3.13. The van der Waals surface area contributed by atoms with E-state index in [9.17, 15) is 18.3 Å². The first-order valence-corrected chi connectivity index (χ1v) is 6.23. The van der Waals surface area contributed by atoms with Crippen molar-refractivity contribution in [2.24, 2.45) is 7.05 Å². The summed E-state index contributed by atoms with van der Waals surface area (Å²) < 4.78 is 40.5. The monoisotopic (exact) mass is 287 g/mol. The molecule has 2 heterocycles. The number of aliphatic hydroxyl groups excluding tert-OH is 1. The molecule has 0 spiro atoms. The molecule has 0 amide bonds. The summed E-state index contributed by atoms with van der Waals surface area (Å²) in [5.41, 5.74) is 1.67.